The summed E-state index contributed by atoms with van der Waals surface area (Å²) in [7, 11) is 1.58. The van der Waals surface area contributed by atoms with Crippen molar-refractivity contribution in [2.45, 2.75) is 12.8 Å². The van der Waals surface area contributed by atoms with Gasteiger partial charge in [-0.15, -0.1) is 10.2 Å². The number of ether oxygens (including phenoxy) is 3. The van der Waals surface area contributed by atoms with E-state index in [1.54, 1.807) is 25.3 Å². The number of carbonyl (C=O) groups excluding carboxylic acids is 1. The summed E-state index contributed by atoms with van der Waals surface area (Å²) in [6.07, 6.45) is 0.542. The molecule has 0 saturated heterocycles. The van der Waals surface area contributed by atoms with Gasteiger partial charge in [0.25, 0.3) is 5.89 Å². The van der Waals surface area contributed by atoms with Crippen molar-refractivity contribution >= 4 is 11.6 Å². The SMILES string of the molecule is COc1ccccc1-c1nnc(CCC(=O)Nc2ccc3c(c2)OCO3)o1. The van der Waals surface area contributed by atoms with E-state index in [-0.39, 0.29) is 19.1 Å². The summed E-state index contributed by atoms with van der Waals surface area (Å²) in [5.41, 5.74) is 1.35. The molecule has 8 heteroatoms. The van der Waals surface area contributed by atoms with Crippen LogP contribution < -0.4 is 19.5 Å². The van der Waals surface area contributed by atoms with Crippen LogP contribution in [0.2, 0.25) is 0 Å². The molecule has 0 bridgehead atoms. The molecule has 27 heavy (non-hydrogen) atoms. The molecule has 3 aromatic rings. The van der Waals surface area contributed by atoms with E-state index >= 15 is 0 Å². The van der Waals surface area contributed by atoms with E-state index in [0.29, 0.717) is 46.7 Å². The highest BCUT2D eigenvalue weighted by molar-refractivity contribution is 5.91. The summed E-state index contributed by atoms with van der Waals surface area (Å²) in [5, 5.41) is 10.9. The van der Waals surface area contributed by atoms with Crippen LogP contribution in [0.3, 0.4) is 0 Å². The summed E-state index contributed by atoms with van der Waals surface area (Å²) < 4.78 is 21.5. The van der Waals surface area contributed by atoms with Gasteiger partial charge in [0.05, 0.1) is 12.7 Å². The number of methoxy groups -OCH3 is 1. The summed E-state index contributed by atoms with van der Waals surface area (Å²) in [5.74, 6) is 2.52. The minimum Gasteiger partial charge on any atom is -0.496 e. The first kappa shape index (κ1) is 16.9. The normalized spacial score (nSPS) is 12.0. The monoisotopic (exact) mass is 367 g/mol. The molecule has 8 nitrogen and oxygen atoms in total. The van der Waals surface area contributed by atoms with Gasteiger partial charge < -0.3 is 23.9 Å². The molecule has 0 fully saturated rings. The van der Waals surface area contributed by atoms with Gasteiger partial charge in [-0.25, -0.2) is 0 Å². The largest absolute Gasteiger partial charge is 0.496 e. The van der Waals surface area contributed by atoms with Gasteiger partial charge >= 0.3 is 0 Å². The minimum atomic E-state index is -0.161. The Hall–Kier alpha value is -3.55. The lowest BCUT2D eigenvalue weighted by Crippen LogP contribution is -2.12. The van der Waals surface area contributed by atoms with Crippen molar-refractivity contribution in [3.63, 3.8) is 0 Å². The van der Waals surface area contributed by atoms with Gasteiger partial charge in [-0.3, -0.25) is 4.79 Å². The lowest BCUT2D eigenvalue weighted by atomic mass is 10.2. The first-order valence-corrected chi connectivity index (χ1v) is 8.38. The number of anilines is 1. The zero-order valence-electron chi connectivity index (χ0n) is 14.6. The van der Waals surface area contributed by atoms with Crippen molar-refractivity contribution in [2.75, 3.05) is 19.2 Å². The fourth-order valence-electron chi connectivity index (χ4n) is 2.70. The van der Waals surface area contributed by atoms with Gasteiger partial charge in [-0.2, -0.15) is 0 Å². The molecule has 1 N–H and O–H groups in total. The molecule has 0 atom stereocenters. The molecule has 0 spiro atoms. The molecule has 0 aliphatic carbocycles. The van der Waals surface area contributed by atoms with Crippen molar-refractivity contribution in [1.29, 1.82) is 0 Å². The Morgan fingerprint density at radius 1 is 1.15 bits per heavy atom. The van der Waals surface area contributed by atoms with Gasteiger partial charge in [0.1, 0.15) is 5.75 Å². The molecule has 2 heterocycles. The second-order valence-electron chi connectivity index (χ2n) is 5.82. The second-order valence-corrected chi connectivity index (χ2v) is 5.82. The Morgan fingerprint density at radius 2 is 2.00 bits per heavy atom. The van der Waals surface area contributed by atoms with Crippen LogP contribution in [-0.4, -0.2) is 30.0 Å². The van der Waals surface area contributed by atoms with E-state index in [1.807, 2.05) is 24.3 Å². The van der Waals surface area contributed by atoms with Crippen molar-refractivity contribution < 1.29 is 23.4 Å². The van der Waals surface area contributed by atoms with E-state index in [0.717, 1.165) is 0 Å². The molecule has 1 aromatic heterocycles. The summed E-state index contributed by atoms with van der Waals surface area (Å²) in [6, 6.07) is 12.6. The van der Waals surface area contributed by atoms with Crippen LogP contribution in [-0.2, 0) is 11.2 Å². The van der Waals surface area contributed by atoms with Gasteiger partial charge in [-0.1, -0.05) is 12.1 Å². The lowest BCUT2D eigenvalue weighted by molar-refractivity contribution is -0.116. The van der Waals surface area contributed by atoms with E-state index in [1.165, 1.54) is 0 Å². The van der Waals surface area contributed by atoms with E-state index in [2.05, 4.69) is 15.5 Å². The van der Waals surface area contributed by atoms with Crippen LogP contribution in [0, 0.1) is 0 Å². The fourth-order valence-corrected chi connectivity index (χ4v) is 2.70. The molecule has 1 amide bonds. The molecule has 0 unspecified atom stereocenters. The van der Waals surface area contributed by atoms with E-state index in [4.69, 9.17) is 18.6 Å². The number of carbonyl (C=O) groups is 1. The Kier molecular flexibility index (Phi) is 4.61. The maximum absolute atomic E-state index is 12.2. The quantitative estimate of drug-likeness (QED) is 0.715. The molecule has 0 saturated carbocycles. The number of nitrogens with zero attached hydrogens (tertiary/aromatic N) is 2. The Labute approximate surface area is 155 Å². The predicted octanol–water partition coefficient (Wildman–Crippen LogP) is 3.05. The molecular weight excluding hydrogens is 350 g/mol. The number of hydrogen-bond donors (Lipinski definition) is 1. The maximum atomic E-state index is 12.2. The Morgan fingerprint density at radius 3 is 2.89 bits per heavy atom. The van der Waals surface area contributed by atoms with Gasteiger partial charge in [0.2, 0.25) is 18.6 Å². The number of amides is 1. The second kappa shape index (κ2) is 7.36. The van der Waals surface area contributed by atoms with Gasteiger partial charge in [0, 0.05) is 24.6 Å². The highest BCUT2D eigenvalue weighted by Crippen LogP contribution is 2.34. The number of nitrogens with one attached hydrogen (secondary N) is 1. The third kappa shape index (κ3) is 3.69. The molecule has 4 rings (SSSR count). The number of aryl methyl sites for hydroxylation is 1. The summed E-state index contributed by atoms with van der Waals surface area (Å²) >= 11 is 0. The molecule has 0 radical (unpaired) electrons. The highest BCUT2D eigenvalue weighted by Gasteiger charge is 2.16. The van der Waals surface area contributed by atoms with Crippen LogP contribution >= 0.6 is 0 Å². The topological polar surface area (TPSA) is 95.7 Å². The Balaban J connectivity index is 1.36. The average Bonchev–Trinajstić information content (AvgIpc) is 3.35. The average molecular weight is 367 g/mol. The van der Waals surface area contributed by atoms with Crippen LogP contribution in [0.15, 0.2) is 46.9 Å². The number of benzene rings is 2. The Bertz CT molecular complexity index is 969. The number of fused-ring (bicyclic) bond motifs is 1. The third-order valence-electron chi connectivity index (χ3n) is 4.03. The predicted molar refractivity (Wildman–Crippen MR) is 95.8 cm³/mol. The first-order valence-electron chi connectivity index (χ1n) is 8.38. The van der Waals surface area contributed by atoms with E-state index < -0.39 is 0 Å². The van der Waals surface area contributed by atoms with Gasteiger partial charge in [-0.05, 0) is 24.3 Å². The van der Waals surface area contributed by atoms with Gasteiger partial charge in [0.15, 0.2) is 11.5 Å². The maximum Gasteiger partial charge on any atom is 0.251 e. The standard InChI is InChI=1S/C19H17N3O5/c1-24-14-5-3-2-4-13(14)19-22-21-18(27-19)9-8-17(23)20-12-6-7-15-16(10-12)26-11-25-15/h2-7,10H,8-9,11H2,1H3,(H,20,23). The minimum absolute atomic E-state index is 0.161. The third-order valence-corrected chi connectivity index (χ3v) is 4.03. The molecule has 1 aliphatic rings. The number of rotatable bonds is 6. The summed E-state index contributed by atoms with van der Waals surface area (Å²) in [6.45, 7) is 0.193. The van der Waals surface area contributed by atoms with E-state index in [9.17, 15) is 4.79 Å². The first-order chi connectivity index (χ1) is 13.2. The smallest absolute Gasteiger partial charge is 0.251 e. The fraction of sp³-hybridized carbons (Fsp3) is 0.211. The summed E-state index contributed by atoms with van der Waals surface area (Å²) in [4.78, 5) is 12.2. The van der Waals surface area contributed by atoms with Crippen LogP contribution in [0.5, 0.6) is 17.2 Å². The zero-order chi connectivity index (χ0) is 18.6. The molecule has 2 aromatic carbocycles. The zero-order valence-corrected chi connectivity index (χ0v) is 14.6. The van der Waals surface area contributed by atoms with Crippen molar-refractivity contribution in [3.05, 3.63) is 48.4 Å². The van der Waals surface area contributed by atoms with Crippen molar-refractivity contribution in [3.8, 4) is 28.7 Å². The molecule has 138 valence electrons. The lowest BCUT2D eigenvalue weighted by Gasteiger charge is -2.05. The van der Waals surface area contributed by atoms with Crippen molar-refractivity contribution in [2.24, 2.45) is 0 Å². The molecular formula is C19H17N3O5. The number of para-hydroxylation sites is 1. The highest BCUT2D eigenvalue weighted by atomic mass is 16.7. The van der Waals surface area contributed by atoms with Crippen molar-refractivity contribution in [1.82, 2.24) is 10.2 Å². The molecule has 1 aliphatic heterocycles. The van der Waals surface area contributed by atoms with Crippen LogP contribution in [0.1, 0.15) is 12.3 Å². The number of hydrogen-bond acceptors (Lipinski definition) is 7. The number of aromatic nitrogens is 2. The van der Waals surface area contributed by atoms with Crippen LogP contribution in [0.25, 0.3) is 11.5 Å². The van der Waals surface area contributed by atoms with Crippen LogP contribution in [0.4, 0.5) is 5.69 Å².